The summed E-state index contributed by atoms with van der Waals surface area (Å²) in [5.74, 6) is 0. The molecule has 1 aliphatic rings. The number of hydrogen-bond acceptors (Lipinski definition) is 3. The van der Waals surface area contributed by atoms with Gasteiger partial charge in [0.15, 0.2) is 0 Å². The Hall–Kier alpha value is -0.0400. The molecule has 0 spiro atoms. The largest absolute Gasteiger partial charge is 0.444 e. The molecule has 20 heavy (non-hydrogen) atoms. The Balaban J connectivity index is 2.41. The number of nitrogens with one attached hydrogen (secondary N) is 1. The Morgan fingerprint density at radius 1 is 1.20 bits per heavy atom. The molecule has 1 saturated carbocycles. The van der Waals surface area contributed by atoms with Crippen molar-refractivity contribution in [2.75, 3.05) is 11.0 Å². The highest BCUT2D eigenvalue weighted by atomic mass is 127. The molecule has 1 aliphatic carbocycles. The minimum Gasteiger partial charge on any atom is -0.444 e. The van der Waals surface area contributed by atoms with Crippen molar-refractivity contribution >= 4 is 28.7 Å². The van der Waals surface area contributed by atoms with Gasteiger partial charge in [-0.05, 0) is 40.5 Å². The zero-order valence-corrected chi connectivity index (χ0v) is 15.3. The van der Waals surface area contributed by atoms with E-state index in [0.29, 0.717) is 12.6 Å². The fourth-order valence-corrected chi connectivity index (χ4v) is 2.73. The van der Waals surface area contributed by atoms with Crippen molar-refractivity contribution in [2.24, 2.45) is 0 Å². The van der Waals surface area contributed by atoms with Crippen LogP contribution in [-0.4, -0.2) is 34.4 Å². The molecule has 0 heterocycles. The minimum absolute atomic E-state index is 0.320. The Kier molecular flexibility index (Phi) is 7.04. The van der Waals surface area contributed by atoms with Crippen LogP contribution in [-0.2, 0) is 9.47 Å². The van der Waals surface area contributed by atoms with E-state index in [4.69, 9.17) is 9.47 Å². The Labute approximate surface area is 136 Å². The van der Waals surface area contributed by atoms with Crippen molar-refractivity contribution in [1.82, 2.24) is 5.32 Å². The Morgan fingerprint density at radius 3 is 2.30 bits per heavy atom. The molecule has 0 aliphatic heterocycles. The summed E-state index contributed by atoms with van der Waals surface area (Å²) >= 11 is 2.32. The molecule has 0 aromatic heterocycles. The number of hydrogen-bond donors (Lipinski definition) is 1. The van der Waals surface area contributed by atoms with Gasteiger partial charge in [0.1, 0.15) is 5.60 Å². The van der Waals surface area contributed by atoms with E-state index in [-0.39, 0.29) is 11.7 Å². The first-order valence-electron chi connectivity index (χ1n) is 7.45. The van der Waals surface area contributed by atoms with Crippen LogP contribution in [0.25, 0.3) is 0 Å². The van der Waals surface area contributed by atoms with Crippen molar-refractivity contribution in [2.45, 2.75) is 77.1 Å². The van der Waals surface area contributed by atoms with Crippen LogP contribution in [0.15, 0.2) is 0 Å². The lowest BCUT2D eigenvalue weighted by atomic mass is 9.97. The molecular formula is C15H28INO3. The number of halogens is 1. The van der Waals surface area contributed by atoms with Gasteiger partial charge in [-0.25, -0.2) is 4.79 Å². The quantitative estimate of drug-likeness (QED) is 0.563. The number of carbonyl (C=O) groups excluding carboxylic acids is 1. The van der Waals surface area contributed by atoms with Crippen LogP contribution in [0.1, 0.15) is 59.8 Å². The van der Waals surface area contributed by atoms with Crippen LogP contribution in [0.3, 0.4) is 0 Å². The predicted octanol–water partition coefficient (Wildman–Crippen LogP) is 4.05. The number of amides is 1. The minimum atomic E-state index is -0.463. The molecule has 0 aromatic rings. The van der Waals surface area contributed by atoms with Gasteiger partial charge in [-0.1, -0.05) is 41.9 Å². The van der Waals surface area contributed by atoms with Crippen LogP contribution >= 0.6 is 22.6 Å². The van der Waals surface area contributed by atoms with Crippen LogP contribution in [0.5, 0.6) is 0 Å². The average Bonchev–Trinajstić information content (AvgIpc) is 2.36. The smallest absolute Gasteiger partial charge is 0.407 e. The summed E-state index contributed by atoms with van der Waals surface area (Å²) in [6.07, 6.45) is 6.06. The summed E-state index contributed by atoms with van der Waals surface area (Å²) in [5, 5.41) is 2.83. The second-order valence-electron chi connectivity index (χ2n) is 6.82. The maximum absolute atomic E-state index is 11.7. The maximum Gasteiger partial charge on any atom is 0.407 e. The first-order valence-corrected chi connectivity index (χ1v) is 8.97. The zero-order valence-electron chi connectivity index (χ0n) is 13.1. The summed E-state index contributed by atoms with van der Waals surface area (Å²) in [6, 6.07) is 0. The van der Waals surface area contributed by atoms with Crippen LogP contribution in [0.4, 0.5) is 4.79 Å². The van der Waals surface area contributed by atoms with Crippen LogP contribution in [0.2, 0.25) is 0 Å². The van der Waals surface area contributed by atoms with E-state index in [1.54, 1.807) is 0 Å². The lowest BCUT2D eigenvalue weighted by Crippen LogP contribution is -2.47. The summed E-state index contributed by atoms with van der Waals surface area (Å²) in [6.45, 7) is 8.14. The predicted molar refractivity (Wildman–Crippen MR) is 89.5 cm³/mol. The van der Waals surface area contributed by atoms with Gasteiger partial charge in [0.25, 0.3) is 0 Å². The highest BCUT2D eigenvalue weighted by Crippen LogP contribution is 2.26. The normalized spacial score (nSPS) is 20.2. The Bertz CT molecular complexity index is 311. The third kappa shape index (κ3) is 7.11. The maximum atomic E-state index is 11.7. The van der Waals surface area contributed by atoms with Gasteiger partial charge >= 0.3 is 6.09 Å². The van der Waals surface area contributed by atoms with E-state index in [0.717, 1.165) is 17.3 Å². The fraction of sp³-hybridized carbons (Fsp3) is 0.933. The number of ether oxygens (including phenoxy) is 2. The van der Waals surface area contributed by atoms with E-state index >= 15 is 0 Å². The second kappa shape index (κ2) is 7.82. The molecule has 0 saturated heterocycles. The van der Waals surface area contributed by atoms with Crippen molar-refractivity contribution < 1.29 is 14.3 Å². The molecule has 0 aromatic carbocycles. The Morgan fingerprint density at radius 2 is 1.80 bits per heavy atom. The van der Waals surface area contributed by atoms with E-state index in [9.17, 15) is 4.79 Å². The molecule has 1 unspecified atom stereocenters. The van der Waals surface area contributed by atoms with E-state index in [1.807, 2.05) is 20.8 Å². The van der Waals surface area contributed by atoms with Gasteiger partial charge in [-0.2, -0.15) is 0 Å². The second-order valence-corrected chi connectivity index (χ2v) is 7.58. The molecule has 1 atom stereocenters. The van der Waals surface area contributed by atoms with Gasteiger partial charge < -0.3 is 14.8 Å². The lowest BCUT2D eigenvalue weighted by molar-refractivity contribution is -0.0783. The van der Waals surface area contributed by atoms with Crippen molar-refractivity contribution in [3.63, 3.8) is 0 Å². The van der Waals surface area contributed by atoms with Crippen LogP contribution in [0, 0.1) is 0 Å². The van der Waals surface area contributed by atoms with E-state index in [1.165, 1.54) is 19.3 Å². The third-order valence-electron chi connectivity index (χ3n) is 3.29. The summed E-state index contributed by atoms with van der Waals surface area (Å²) in [5.41, 5.74) is -0.783. The van der Waals surface area contributed by atoms with Crippen molar-refractivity contribution in [3.8, 4) is 0 Å². The van der Waals surface area contributed by atoms with Gasteiger partial charge in [0.05, 0.1) is 18.2 Å². The molecule has 4 nitrogen and oxygen atoms in total. The fourth-order valence-electron chi connectivity index (χ4n) is 2.28. The SMILES string of the molecule is CC(C)(C)OC(=O)NCC(C)(CI)OC1CCCCC1. The van der Waals surface area contributed by atoms with Gasteiger partial charge in [0.2, 0.25) is 0 Å². The zero-order chi connectivity index (χ0) is 15.2. The molecule has 1 N–H and O–H groups in total. The van der Waals surface area contributed by atoms with Gasteiger partial charge in [-0.3, -0.25) is 0 Å². The number of alkyl halides is 1. The lowest BCUT2D eigenvalue weighted by Gasteiger charge is -2.35. The monoisotopic (exact) mass is 397 g/mol. The average molecular weight is 397 g/mol. The van der Waals surface area contributed by atoms with Gasteiger partial charge in [-0.15, -0.1) is 0 Å². The van der Waals surface area contributed by atoms with Crippen molar-refractivity contribution in [1.29, 1.82) is 0 Å². The molecule has 1 rings (SSSR count). The van der Waals surface area contributed by atoms with E-state index < -0.39 is 5.60 Å². The molecule has 5 heteroatoms. The molecular weight excluding hydrogens is 369 g/mol. The van der Waals surface area contributed by atoms with Gasteiger partial charge in [0, 0.05) is 4.43 Å². The van der Waals surface area contributed by atoms with E-state index in [2.05, 4.69) is 34.8 Å². The number of carbonyl (C=O) groups is 1. The van der Waals surface area contributed by atoms with Crippen LogP contribution < -0.4 is 5.32 Å². The highest BCUT2D eigenvalue weighted by Gasteiger charge is 2.30. The molecule has 0 bridgehead atoms. The first-order chi connectivity index (χ1) is 9.24. The highest BCUT2D eigenvalue weighted by molar-refractivity contribution is 14.1. The topological polar surface area (TPSA) is 47.6 Å². The summed E-state index contributed by atoms with van der Waals surface area (Å²) in [4.78, 5) is 11.7. The molecule has 118 valence electrons. The first kappa shape index (κ1) is 18.0. The standard InChI is InChI=1S/C15H28INO3/c1-14(2,3)20-13(18)17-11-15(4,10-16)19-12-8-6-5-7-9-12/h12H,5-11H2,1-4H3,(H,17,18). The summed E-state index contributed by atoms with van der Waals surface area (Å²) < 4.78 is 12.3. The number of alkyl carbamates (subject to hydrolysis) is 1. The third-order valence-corrected chi connectivity index (χ3v) is 4.91. The number of rotatable bonds is 5. The molecule has 1 fully saturated rings. The summed E-state index contributed by atoms with van der Waals surface area (Å²) in [7, 11) is 0. The molecule has 1 amide bonds. The molecule has 0 radical (unpaired) electrons. The van der Waals surface area contributed by atoms with Crippen molar-refractivity contribution in [3.05, 3.63) is 0 Å².